The number of nitrogens with two attached hydrogens (primary N) is 1. The molecule has 0 unspecified atom stereocenters. The summed E-state index contributed by atoms with van der Waals surface area (Å²) < 4.78 is 3.16. The second kappa shape index (κ2) is 7.87. The monoisotopic (exact) mass is 406 g/mol. The molecule has 0 spiro atoms. The van der Waals surface area contributed by atoms with Crippen LogP contribution in [0.2, 0.25) is 0 Å². The summed E-state index contributed by atoms with van der Waals surface area (Å²) in [6, 6.07) is 7.49. The van der Waals surface area contributed by atoms with Gasteiger partial charge in [-0.25, -0.2) is 4.98 Å². The van der Waals surface area contributed by atoms with E-state index in [-0.39, 0.29) is 28.7 Å². The number of hydrogen-bond acceptors (Lipinski definition) is 7. The van der Waals surface area contributed by atoms with E-state index in [1.165, 1.54) is 10.7 Å². The van der Waals surface area contributed by atoms with Crippen molar-refractivity contribution in [2.75, 3.05) is 17.7 Å². The smallest absolute Gasteiger partial charge is 0.274 e. The SMILES string of the molecule is CNc1cc(Nc2cccn([C@H]3CCC[C@@H](C#N)C3)c2=O)nc2c(C(N)=O)cnn12. The van der Waals surface area contributed by atoms with Crippen LogP contribution in [0.4, 0.5) is 17.3 Å². The van der Waals surface area contributed by atoms with Crippen LogP contribution in [0, 0.1) is 17.2 Å². The van der Waals surface area contributed by atoms with E-state index < -0.39 is 5.91 Å². The van der Waals surface area contributed by atoms with Gasteiger partial charge in [-0.2, -0.15) is 14.9 Å². The lowest BCUT2D eigenvalue weighted by atomic mass is 9.86. The Morgan fingerprint density at radius 1 is 1.40 bits per heavy atom. The molecule has 3 aromatic heterocycles. The molecule has 10 heteroatoms. The quantitative estimate of drug-likeness (QED) is 0.588. The molecule has 1 aliphatic rings. The van der Waals surface area contributed by atoms with Crippen molar-refractivity contribution in [3.05, 3.63) is 46.5 Å². The van der Waals surface area contributed by atoms with Gasteiger partial charge < -0.3 is 20.9 Å². The van der Waals surface area contributed by atoms with E-state index in [2.05, 4.69) is 26.8 Å². The molecule has 4 rings (SSSR count). The summed E-state index contributed by atoms with van der Waals surface area (Å²) >= 11 is 0. The van der Waals surface area contributed by atoms with Crippen molar-refractivity contribution in [1.82, 2.24) is 19.2 Å². The summed E-state index contributed by atoms with van der Waals surface area (Å²) in [5.41, 5.74) is 6.07. The molecule has 4 N–H and O–H groups in total. The third kappa shape index (κ3) is 3.45. The standard InChI is InChI=1S/C20H22N8O2/c1-23-17-9-16(26-19-14(18(22)29)11-24-28(17)19)25-15-6-3-7-27(20(15)30)13-5-2-4-12(8-13)10-21/h3,6-7,9,11-13,23H,2,4-5,8H2,1H3,(H2,22,29)(H,25,26)/t12-,13+/m1/s1. The Balaban J connectivity index is 1.70. The number of fused-ring (bicyclic) bond motifs is 1. The van der Waals surface area contributed by atoms with Crippen molar-refractivity contribution in [3.63, 3.8) is 0 Å². The normalized spacial score (nSPS) is 18.7. The number of amides is 1. The Labute approximate surface area is 172 Å². The van der Waals surface area contributed by atoms with E-state index in [0.717, 1.165) is 19.3 Å². The molecule has 3 heterocycles. The van der Waals surface area contributed by atoms with Crippen LogP contribution in [0.5, 0.6) is 0 Å². The molecule has 0 aliphatic heterocycles. The van der Waals surface area contributed by atoms with Gasteiger partial charge in [-0.15, -0.1) is 0 Å². The minimum atomic E-state index is -0.636. The van der Waals surface area contributed by atoms with Gasteiger partial charge in [0, 0.05) is 31.3 Å². The number of anilines is 3. The molecule has 0 saturated heterocycles. The van der Waals surface area contributed by atoms with Gasteiger partial charge >= 0.3 is 0 Å². The van der Waals surface area contributed by atoms with Crippen molar-refractivity contribution in [2.45, 2.75) is 31.7 Å². The van der Waals surface area contributed by atoms with Gasteiger partial charge in [-0.05, 0) is 31.4 Å². The maximum atomic E-state index is 13.1. The van der Waals surface area contributed by atoms with E-state index in [1.807, 2.05) is 0 Å². The minimum absolute atomic E-state index is 0.00254. The van der Waals surface area contributed by atoms with Gasteiger partial charge in [0.05, 0.1) is 12.3 Å². The fraction of sp³-hybridized carbons (Fsp3) is 0.350. The number of hydrogen-bond donors (Lipinski definition) is 3. The predicted octanol–water partition coefficient (Wildman–Crippen LogP) is 2.03. The summed E-state index contributed by atoms with van der Waals surface area (Å²) in [5.74, 6) is 0.297. The summed E-state index contributed by atoms with van der Waals surface area (Å²) in [7, 11) is 1.72. The Morgan fingerprint density at radius 2 is 2.23 bits per heavy atom. The zero-order chi connectivity index (χ0) is 21.3. The zero-order valence-electron chi connectivity index (χ0n) is 16.5. The second-order valence-electron chi connectivity index (χ2n) is 7.34. The first-order valence-electron chi connectivity index (χ1n) is 9.76. The van der Waals surface area contributed by atoms with Crippen molar-refractivity contribution < 1.29 is 4.79 Å². The summed E-state index contributed by atoms with van der Waals surface area (Å²) in [6.45, 7) is 0. The van der Waals surface area contributed by atoms with E-state index in [9.17, 15) is 14.9 Å². The van der Waals surface area contributed by atoms with Crippen LogP contribution < -0.4 is 21.9 Å². The Kier molecular flexibility index (Phi) is 5.10. The number of primary amides is 1. The molecule has 3 aromatic rings. The number of rotatable bonds is 5. The number of nitrogens with one attached hydrogen (secondary N) is 2. The zero-order valence-corrected chi connectivity index (χ0v) is 16.5. The van der Waals surface area contributed by atoms with Crippen molar-refractivity contribution in [1.29, 1.82) is 5.26 Å². The summed E-state index contributed by atoms with van der Waals surface area (Å²) in [6.07, 6.45) is 6.46. The highest BCUT2D eigenvalue weighted by atomic mass is 16.1. The number of aromatic nitrogens is 4. The molecule has 2 atom stereocenters. The lowest BCUT2D eigenvalue weighted by Gasteiger charge is -2.27. The lowest BCUT2D eigenvalue weighted by molar-refractivity contribution is 0.100. The Bertz CT molecular complexity index is 1210. The molecule has 0 radical (unpaired) electrons. The summed E-state index contributed by atoms with van der Waals surface area (Å²) in [5, 5.41) is 19.4. The molecule has 30 heavy (non-hydrogen) atoms. The Hall–Kier alpha value is -3.87. The van der Waals surface area contributed by atoms with Crippen LogP contribution >= 0.6 is 0 Å². The average molecular weight is 406 g/mol. The van der Waals surface area contributed by atoms with E-state index >= 15 is 0 Å². The number of carbonyl (C=O) groups is 1. The maximum absolute atomic E-state index is 13.1. The molecular weight excluding hydrogens is 384 g/mol. The molecule has 10 nitrogen and oxygen atoms in total. The molecule has 0 bridgehead atoms. The van der Waals surface area contributed by atoms with Crippen molar-refractivity contribution in [2.24, 2.45) is 11.7 Å². The van der Waals surface area contributed by atoms with E-state index in [4.69, 9.17) is 5.73 Å². The number of pyridine rings is 1. The highest BCUT2D eigenvalue weighted by Crippen LogP contribution is 2.31. The van der Waals surface area contributed by atoms with Gasteiger partial charge in [0.1, 0.15) is 22.9 Å². The number of carbonyl (C=O) groups excluding carboxylic acids is 1. The van der Waals surface area contributed by atoms with E-state index in [0.29, 0.717) is 23.7 Å². The van der Waals surface area contributed by atoms with E-state index in [1.54, 1.807) is 36.0 Å². The third-order valence-corrected chi connectivity index (χ3v) is 5.45. The minimum Gasteiger partial charge on any atom is -0.373 e. The highest BCUT2D eigenvalue weighted by molar-refractivity contribution is 5.98. The first-order chi connectivity index (χ1) is 14.5. The van der Waals surface area contributed by atoms with Crippen molar-refractivity contribution in [3.8, 4) is 6.07 Å². The number of nitriles is 1. The van der Waals surface area contributed by atoms with Crippen LogP contribution in [-0.4, -0.2) is 32.1 Å². The average Bonchev–Trinajstić information content (AvgIpc) is 3.19. The van der Waals surface area contributed by atoms with Crippen LogP contribution in [-0.2, 0) is 0 Å². The molecule has 1 fully saturated rings. The predicted molar refractivity (Wildman–Crippen MR) is 112 cm³/mol. The topological polar surface area (TPSA) is 143 Å². The molecule has 1 aliphatic carbocycles. The fourth-order valence-corrected chi connectivity index (χ4v) is 3.94. The van der Waals surface area contributed by atoms with Crippen molar-refractivity contribution >= 4 is 28.9 Å². The number of nitrogens with zero attached hydrogens (tertiary/aromatic N) is 5. The van der Waals surface area contributed by atoms with Gasteiger partial charge in [0.15, 0.2) is 5.65 Å². The fourth-order valence-electron chi connectivity index (χ4n) is 3.94. The first kappa shape index (κ1) is 19.4. The Morgan fingerprint density at radius 3 is 2.97 bits per heavy atom. The largest absolute Gasteiger partial charge is 0.373 e. The molecule has 1 amide bonds. The van der Waals surface area contributed by atoms with Crippen LogP contribution in [0.15, 0.2) is 35.4 Å². The van der Waals surface area contributed by atoms with Gasteiger partial charge in [0.25, 0.3) is 11.5 Å². The van der Waals surface area contributed by atoms with Gasteiger partial charge in [0.2, 0.25) is 0 Å². The van der Waals surface area contributed by atoms with Gasteiger partial charge in [-0.3, -0.25) is 9.59 Å². The maximum Gasteiger partial charge on any atom is 0.274 e. The van der Waals surface area contributed by atoms with Crippen LogP contribution in [0.1, 0.15) is 42.1 Å². The van der Waals surface area contributed by atoms with Crippen LogP contribution in [0.3, 0.4) is 0 Å². The second-order valence-corrected chi connectivity index (χ2v) is 7.34. The molecule has 0 aromatic carbocycles. The molecule has 154 valence electrons. The highest BCUT2D eigenvalue weighted by Gasteiger charge is 2.24. The van der Waals surface area contributed by atoms with Crippen LogP contribution in [0.25, 0.3) is 5.65 Å². The lowest BCUT2D eigenvalue weighted by Crippen LogP contribution is -2.29. The first-order valence-corrected chi connectivity index (χ1v) is 9.76. The summed E-state index contributed by atoms with van der Waals surface area (Å²) in [4.78, 5) is 29.2. The molecule has 1 saturated carbocycles. The third-order valence-electron chi connectivity index (χ3n) is 5.45. The van der Waals surface area contributed by atoms with Gasteiger partial charge in [-0.1, -0.05) is 6.42 Å². The molecular formula is C20H22N8O2.